The van der Waals surface area contributed by atoms with Crippen molar-refractivity contribution in [2.45, 2.75) is 12.8 Å². The van der Waals surface area contributed by atoms with Crippen LogP contribution in [0.4, 0.5) is 0 Å². The molecular weight excluding hydrogens is 442 g/mol. The molecule has 1 amide bonds. The number of nitrogens with zero attached hydrogens (tertiary/aromatic N) is 1. The third-order valence-corrected chi connectivity index (χ3v) is 5.90. The fraction of sp³-hybridized carbons (Fsp3) is 0.360. The predicted molar refractivity (Wildman–Crippen MR) is 119 cm³/mol. The Morgan fingerprint density at radius 1 is 0.941 bits per heavy atom. The number of benzene rings is 2. The minimum Gasteiger partial charge on any atom is -0.486 e. The Bertz CT molecular complexity index is 1100. The second kappa shape index (κ2) is 10.4. The fourth-order valence-corrected chi connectivity index (χ4v) is 4.03. The smallest absolute Gasteiger partial charge is 0.339 e. The van der Waals surface area contributed by atoms with Gasteiger partial charge in [0.15, 0.2) is 23.9 Å². The van der Waals surface area contributed by atoms with Crippen molar-refractivity contribution in [3.8, 4) is 11.5 Å². The molecular formula is C25H25NO8. The first-order valence-corrected chi connectivity index (χ1v) is 11.0. The monoisotopic (exact) mass is 467 g/mol. The van der Waals surface area contributed by atoms with Gasteiger partial charge in [-0.1, -0.05) is 18.2 Å². The summed E-state index contributed by atoms with van der Waals surface area (Å²) < 4.78 is 21.0. The van der Waals surface area contributed by atoms with Crippen LogP contribution in [-0.4, -0.2) is 68.5 Å². The summed E-state index contributed by atoms with van der Waals surface area (Å²) in [5, 5.41) is 0. The van der Waals surface area contributed by atoms with Crippen LogP contribution in [-0.2, 0) is 19.1 Å². The molecule has 1 fully saturated rings. The molecule has 0 atom stereocenters. The second-order valence-electron chi connectivity index (χ2n) is 7.99. The standard InChI is InChI=1S/C25H25NO8/c1-31-24(29)16-8-10-26(11-9-16)22(27)15-34-25(30)19-5-3-2-4-18(19)23(28)17-6-7-20-21(14-17)33-13-12-32-20/h2-7,14,16H,8-13,15H2,1H3. The number of carbonyl (C=O) groups excluding carboxylic acids is 4. The Morgan fingerprint density at radius 2 is 1.62 bits per heavy atom. The zero-order valence-corrected chi connectivity index (χ0v) is 18.8. The number of hydrogen-bond acceptors (Lipinski definition) is 8. The minimum atomic E-state index is -0.765. The van der Waals surface area contributed by atoms with Gasteiger partial charge in [-0.25, -0.2) is 4.79 Å². The molecule has 0 N–H and O–H groups in total. The van der Waals surface area contributed by atoms with E-state index < -0.39 is 12.6 Å². The molecule has 2 aromatic rings. The number of carbonyl (C=O) groups is 4. The van der Waals surface area contributed by atoms with Gasteiger partial charge in [0.1, 0.15) is 13.2 Å². The molecule has 0 aliphatic carbocycles. The largest absolute Gasteiger partial charge is 0.486 e. The number of piperidine rings is 1. The molecule has 0 aromatic heterocycles. The van der Waals surface area contributed by atoms with Crippen molar-refractivity contribution in [3.63, 3.8) is 0 Å². The van der Waals surface area contributed by atoms with Crippen LogP contribution in [0.25, 0.3) is 0 Å². The van der Waals surface area contributed by atoms with Gasteiger partial charge in [-0.2, -0.15) is 0 Å². The lowest BCUT2D eigenvalue weighted by atomic mass is 9.97. The molecule has 0 unspecified atom stereocenters. The molecule has 0 spiro atoms. The first-order chi connectivity index (χ1) is 16.5. The van der Waals surface area contributed by atoms with Gasteiger partial charge in [0.05, 0.1) is 18.6 Å². The van der Waals surface area contributed by atoms with E-state index in [0.29, 0.717) is 56.2 Å². The van der Waals surface area contributed by atoms with Gasteiger partial charge in [-0.05, 0) is 37.1 Å². The van der Waals surface area contributed by atoms with Crippen molar-refractivity contribution in [2.24, 2.45) is 5.92 Å². The average molecular weight is 467 g/mol. The molecule has 34 heavy (non-hydrogen) atoms. The molecule has 2 aromatic carbocycles. The highest BCUT2D eigenvalue weighted by Crippen LogP contribution is 2.31. The number of ketones is 1. The number of fused-ring (bicyclic) bond motifs is 1. The molecule has 2 heterocycles. The van der Waals surface area contributed by atoms with E-state index >= 15 is 0 Å². The molecule has 9 heteroatoms. The van der Waals surface area contributed by atoms with Crippen LogP contribution in [0, 0.1) is 5.92 Å². The van der Waals surface area contributed by atoms with Crippen molar-refractivity contribution >= 4 is 23.6 Å². The topological polar surface area (TPSA) is 108 Å². The SMILES string of the molecule is COC(=O)C1CCN(C(=O)COC(=O)c2ccccc2C(=O)c2ccc3c(c2)OCCO3)CC1. The first-order valence-electron chi connectivity index (χ1n) is 11.0. The lowest BCUT2D eigenvalue weighted by Crippen LogP contribution is -2.42. The maximum atomic E-state index is 13.1. The van der Waals surface area contributed by atoms with Crippen LogP contribution in [0.3, 0.4) is 0 Å². The number of methoxy groups -OCH3 is 1. The highest BCUT2D eigenvalue weighted by Gasteiger charge is 2.29. The van der Waals surface area contributed by atoms with Gasteiger partial charge < -0.3 is 23.8 Å². The Balaban J connectivity index is 1.40. The van der Waals surface area contributed by atoms with E-state index in [2.05, 4.69) is 0 Å². The van der Waals surface area contributed by atoms with E-state index in [9.17, 15) is 19.2 Å². The van der Waals surface area contributed by atoms with Crippen LogP contribution < -0.4 is 9.47 Å². The maximum Gasteiger partial charge on any atom is 0.339 e. The van der Waals surface area contributed by atoms with Crippen molar-refractivity contribution in [1.82, 2.24) is 4.90 Å². The second-order valence-corrected chi connectivity index (χ2v) is 7.99. The van der Waals surface area contributed by atoms with Crippen molar-refractivity contribution in [3.05, 3.63) is 59.2 Å². The molecule has 2 aliphatic rings. The Kier molecular flexibility index (Phi) is 7.10. The Hall–Kier alpha value is -3.88. The van der Waals surface area contributed by atoms with Crippen molar-refractivity contribution < 1.29 is 38.1 Å². The van der Waals surface area contributed by atoms with Crippen LogP contribution in [0.2, 0.25) is 0 Å². The molecule has 0 saturated carbocycles. The van der Waals surface area contributed by atoms with E-state index in [4.69, 9.17) is 18.9 Å². The van der Waals surface area contributed by atoms with Crippen LogP contribution in [0.5, 0.6) is 11.5 Å². The zero-order valence-electron chi connectivity index (χ0n) is 18.8. The Morgan fingerprint density at radius 3 is 2.32 bits per heavy atom. The normalized spacial score (nSPS) is 15.4. The van der Waals surface area contributed by atoms with E-state index in [-0.39, 0.29) is 34.7 Å². The van der Waals surface area contributed by atoms with Gasteiger partial charge in [0.2, 0.25) is 0 Å². The van der Waals surface area contributed by atoms with Crippen molar-refractivity contribution in [2.75, 3.05) is 40.0 Å². The third-order valence-electron chi connectivity index (χ3n) is 5.90. The van der Waals surface area contributed by atoms with Gasteiger partial charge in [0.25, 0.3) is 5.91 Å². The quantitative estimate of drug-likeness (QED) is 0.470. The first kappa shape index (κ1) is 23.3. The van der Waals surface area contributed by atoms with Crippen molar-refractivity contribution in [1.29, 1.82) is 0 Å². The van der Waals surface area contributed by atoms with E-state index in [0.717, 1.165) is 0 Å². The Labute approximate surface area is 196 Å². The lowest BCUT2D eigenvalue weighted by molar-refractivity contribution is -0.149. The summed E-state index contributed by atoms with van der Waals surface area (Å²) in [6, 6.07) is 11.1. The zero-order chi connectivity index (χ0) is 24.1. The number of hydrogen-bond donors (Lipinski definition) is 0. The predicted octanol–water partition coefficient (Wildman–Crippen LogP) is 2.26. The summed E-state index contributed by atoms with van der Waals surface area (Å²) in [7, 11) is 1.34. The van der Waals surface area contributed by atoms with Crippen LogP contribution >= 0.6 is 0 Å². The number of esters is 2. The minimum absolute atomic E-state index is 0.0691. The average Bonchev–Trinajstić information content (AvgIpc) is 2.90. The molecule has 1 saturated heterocycles. The molecule has 178 valence electrons. The molecule has 2 aliphatic heterocycles. The molecule has 0 bridgehead atoms. The third kappa shape index (κ3) is 5.03. The molecule has 9 nitrogen and oxygen atoms in total. The van der Waals surface area contributed by atoms with Gasteiger partial charge in [-0.15, -0.1) is 0 Å². The lowest BCUT2D eigenvalue weighted by Gasteiger charge is -2.30. The number of likely N-dealkylation sites (tertiary alicyclic amines) is 1. The van der Waals surface area contributed by atoms with Crippen LogP contribution in [0.15, 0.2) is 42.5 Å². The summed E-state index contributed by atoms with van der Waals surface area (Å²) in [5.74, 6) is -0.969. The molecule has 4 rings (SSSR count). The summed E-state index contributed by atoms with van der Waals surface area (Å²) in [6.07, 6.45) is 0.998. The summed E-state index contributed by atoms with van der Waals surface area (Å²) in [4.78, 5) is 51.6. The number of ether oxygens (including phenoxy) is 4. The number of rotatable bonds is 6. The molecule has 0 radical (unpaired) electrons. The van der Waals surface area contributed by atoms with Gasteiger partial charge in [-0.3, -0.25) is 14.4 Å². The number of amides is 1. The van der Waals surface area contributed by atoms with Crippen LogP contribution in [0.1, 0.15) is 39.1 Å². The fourth-order valence-electron chi connectivity index (χ4n) is 4.03. The van der Waals surface area contributed by atoms with E-state index in [1.807, 2.05) is 0 Å². The summed E-state index contributed by atoms with van der Waals surface area (Å²) in [5.41, 5.74) is 0.573. The maximum absolute atomic E-state index is 13.1. The van der Waals surface area contributed by atoms with E-state index in [1.54, 1.807) is 35.2 Å². The summed E-state index contributed by atoms with van der Waals surface area (Å²) >= 11 is 0. The van der Waals surface area contributed by atoms with E-state index in [1.165, 1.54) is 19.2 Å². The highest BCUT2D eigenvalue weighted by molar-refractivity contribution is 6.14. The van der Waals surface area contributed by atoms with Gasteiger partial charge >= 0.3 is 11.9 Å². The highest BCUT2D eigenvalue weighted by atomic mass is 16.6. The summed E-state index contributed by atoms with van der Waals surface area (Å²) in [6.45, 7) is 1.15. The van der Waals surface area contributed by atoms with Gasteiger partial charge in [0, 0.05) is 24.2 Å².